The number of hydrogen-bond donors (Lipinski definition) is 3. The molecule has 2 saturated heterocycles. The van der Waals surface area contributed by atoms with Crippen LogP contribution < -0.4 is 14.8 Å². The van der Waals surface area contributed by atoms with Crippen LogP contribution in [0.4, 0.5) is 9.59 Å². The summed E-state index contributed by atoms with van der Waals surface area (Å²) in [6.07, 6.45) is -1.26. The fourth-order valence-electron chi connectivity index (χ4n) is 6.46. The summed E-state index contributed by atoms with van der Waals surface area (Å²) in [5.74, 6) is 0.335. The maximum absolute atomic E-state index is 14.4. The average Bonchev–Trinajstić information content (AvgIpc) is 3.81. The number of nitrogens with zero attached hydrogens (tertiary/aromatic N) is 2. The molecule has 270 valence electrons. The minimum atomic E-state index is -4.27. The van der Waals surface area contributed by atoms with Crippen LogP contribution in [0.2, 0.25) is 0 Å². The number of sulfonamides is 1. The first-order valence-electron chi connectivity index (χ1n) is 16.6. The predicted octanol–water partition coefficient (Wildman–Crippen LogP) is 3.67. The second kappa shape index (κ2) is 15.9. The fourth-order valence-corrected chi connectivity index (χ4v) is 8.25. The number of amides is 2. The first kappa shape index (κ1) is 36.6. The number of nitrogens with one attached hydrogen (secondary N) is 1. The number of aliphatic hydroxyl groups is 1. The lowest BCUT2D eigenvalue weighted by Crippen LogP contribution is -2.52. The molecule has 0 radical (unpaired) electrons. The molecule has 0 aromatic heterocycles. The van der Waals surface area contributed by atoms with Crippen LogP contribution in [0, 0.1) is 11.3 Å². The van der Waals surface area contributed by atoms with Crippen LogP contribution in [-0.4, -0.2) is 111 Å². The molecule has 3 N–H and O–H groups in total. The Morgan fingerprint density at radius 1 is 1.08 bits per heavy atom. The number of ether oxygens (including phenoxy) is 5. The Morgan fingerprint density at radius 2 is 1.86 bits per heavy atom. The third-order valence-electron chi connectivity index (χ3n) is 9.21. The third kappa shape index (κ3) is 9.34. The van der Waals surface area contributed by atoms with E-state index in [1.807, 2.05) is 44.2 Å². The first-order valence-corrected chi connectivity index (χ1v) is 18.0. The van der Waals surface area contributed by atoms with Crippen molar-refractivity contribution in [2.24, 2.45) is 11.3 Å². The summed E-state index contributed by atoms with van der Waals surface area (Å²) in [6.45, 7) is 4.49. The lowest BCUT2D eigenvalue weighted by Gasteiger charge is -2.35. The van der Waals surface area contributed by atoms with Gasteiger partial charge in [0.05, 0.1) is 31.3 Å². The summed E-state index contributed by atoms with van der Waals surface area (Å²) in [5.41, 5.74) is 0.251. The molecule has 2 aromatic carbocycles. The molecule has 0 spiro atoms. The zero-order valence-electron chi connectivity index (χ0n) is 28.2. The minimum absolute atomic E-state index is 0.0245. The second-order valence-corrected chi connectivity index (χ2v) is 15.5. The summed E-state index contributed by atoms with van der Waals surface area (Å²) >= 11 is 0. The quantitative estimate of drug-likeness (QED) is 0.218. The number of benzene rings is 2. The fraction of sp³-hybridized carbons (Fsp3) is 0.588. The lowest BCUT2D eigenvalue weighted by molar-refractivity contribution is -0.0907. The van der Waals surface area contributed by atoms with Gasteiger partial charge >= 0.3 is 12.2 Å². The van der Waals surface area contributed by atoms with Crippen molar-refractivity contribution in [1.82, 2.24) is 14.5 Å². The largest absolute Gasteiger partial charge is 0.465 e. The van der Waals surface area contributed by atoms with Crippen molar-refractivity contribution in [3.63, 3.8) is 0 Å². The van der Waals surface area contributed by atoms with Crippen molar-refractivity contribution in [3.05, 3.63) is 54.1 Å². The van der Waals surface area contributed by atoms with Crippen molar-refractivity contribution < 1.29 is 51.9 Å². The summed E-state index contributed by atoms with van der Waals surface area (Å²) in [5, 5.41) is 23.8. The van der Waals surface area contributed by atoms with Gasteiger partial charge in [-0.2, -0.15) is 4.31 Å². The van der Waals surface area contributed by atoms with E-state index in [9.17, 15) is 28.2 Å². The van der Waals surface area contributed by atoms with Crippen molar-refractivity contribution in [1.29, 1.82) is 0 Å². The van der Waals surface area contributed by atoms with Crippen LogP contribution >= 0.6 is 0 Å². The molecule has 0 aliphatic carbocycles. The number of unbranched alkanes of at least 4 members (excludes halogenated alkanes) is 1. The van der Waals surface area contributed by atoms with Gasteiger partial charge in [0, 0.05) is 26.7 Å². The van der Waals surface area contributed by atoms with E-state index < -0.39 is 52.2 Å². The van der Waals surface area contributed by atoms with E-state index in [-0.39, 0.29) is 49.5 Å². The molecule has 2 amide bonds. The molecular formula is C34H47N3O11S. The Bertz CT molecular complexity index is 1540. The molecule has 14 nitrogen and oxygen atoms in total. The monoisotopic (exact) mass is 705 g/mol. The molecule has 0 saturated carbocycles. The molecule has 0 unspecified atom stereocenters. The molecule has 15 heteroatoms. The van der Waals surface area contributed by atoms with E-state index in [1.54, 1.807) is 12.1 Å². The highest BCUT2D eigenvalue weighted by atomic mass is 32.2. The van der Waals surface area contributed by atoms with Gasteiger partial charge in [-0.05, 0) is 48.8 Å². The van der Waals surface area contributed by atoms with Gasteiger partial charge in [-0.25, -0.2) is 18.0 Å². The van der Waals surface area contributed by atoms with Gasteiger partial charge in [-0.1, -0.05) is 56.7 Å². The minimum Gasteiger partial charge on any atom is -0.465 e. The number of carboxylic acid groups (broad SMARTS) is 1. The zero-order valence-corrected chi connectivity index (χ0v) is 29.0. The van der Waals surface area contributed by atoms with Gasteiger partial charge in [0.25, 0.3) is 0 Å². The van der Waals surface area contributed by atoms with Gasteiger partial charge < -0.3 is 44.1 Å². The number of carbonyl (C=O) groups is 2. The van der Waals surface area contributed by atoms with Crippen LogP contribution in [0.15, 0.2) is 53.4 Å². The smallest absolute Gasteiger partial charge is 0.407 e. The standard InChI is InChI=1S/C34H47N3O11S/c1-34(2,15-7-8-16-36(3)33(40)41)21-37(49(42,43)29-13-9-12-27-30(29)47-22-46-27)19-26(38)25(18-23-10-5-4-6-11-23)35-32(39)48-28-20-45-31-24(28)14-17-44-31/h4-6,9-13,24-26,28,31,38H,7-8,14-22H2,1-3H3,(H,35,39)(H,40,41)/t24-,25-,26+,28-,31+/m0/s1. The Balaban J connectivity index is 1.36. The maximum atomic E-state index is 14.4. The third-order valence-corrected chi connectivity index (χ3v) is 11.0. The topological polar surface area (TPSA) is 173 Å². The van der Waals surface area contributed by atoms with Crippen LogP contribution in [0.3, 0.4) is 0 Å². The lowest BCUT2D eigenvalue weighted by atomic mass is 9.87. The molecule has 49 heavy (non-hydrogen) atoms. The predicted molar refractivity (Wildman–Crippen MR) is 177 cm³/mol. The van der Waals surface area contributed by atoms with Crippen molar-refractivity contribution >= 4 is 22.2 Å². The number of carbonyl (C=O) groups excluding carboxylic acids is 1. The Kier molecular flexibility index (Phi) is 11.9. The number of rotatable bonds is 16. The van der Waals surface area contributed by atoms with E-state index in [0.29, 0.717) is 44.6 Å². The van der Waals surface area contributed by atoms with E-state index in [0.717, 1.165) is 5.56 Å². The van der Waals surface area contributed by atoms with Crippen LogP contribution in [0.5, 0.6) is 11.5 Å². The van der Waals surface area contributed by atoms with Crippen molar-refractivity contribution in [2.45, 2.75) is 75.4 Å². The van der Waals surface area contributed by atoms with Crippen LogP contribution in [-0.2, 0) is 30.7 Å². The summed E-state index contributed by atoms with van der Waals surface area (Å²) < 4.78 is 57.9. The van der Waals surface area contributed by atoms with E-state index >= 15 is 0 Å². The molecule has 3 heterocycles. The first-order chi connectivity index (χ1) is 23.3. The second-order valence-electron chi connectivity index (χ2n) is 13.6. The zero-order chi connectivity index (χ0) is 35.2. The average molecular weight is 706 g/mol. The number of alkyl carbamates (subject to hydrolysis) is 1. The summed E-state index contributed by atoms with van der Waals surface area (Å²) in [6, 6.07) is 13.0. The SMILES string of the molecule is CN(CCCCC(C)(C)CN(C[C@@H](O)[C@H](Cc1ccccc1)NC(=O)O[C@H]1CO[C@H]2OCC[C@H]21)S(=O)(=O)c1cccc2c1OCO2)C(=O)O. The molecule has 5 atom stereocenters. The summed E-state index contributed by atoms with van der Waals surface area (Å²) in [4.78, 5) is 25.6. The molecule has 3 aliphatic rings. The Labute approximate surface area is 287 Å². The Hall–Kier alpha value is -3.63. The Morgan fingerprint density at radius 3 is 2.61 bits per heavy atom. The van der Waals surface area contributed by atoms with Crippen molar-refractivity contribution in [3.8, 4) is 11.5 Å². The van der Waals surface area contributed by atoms with Crippen LogP contribution in [0.25, 0.3) is 0 Å². The number of aliphatic hydroxyl groups excluding tert-OH is 1. The highest BCUT2D eigenvalue weighted by Crippen LogP contribution is 2.40. The van der Waals surface area contributed by atoms with Gasteiger partial charge in [0.15, 0.2) is 17.8 Å². The van der Waals surface area contributed by atoms with E-state index in [4.69, 9.17) is 23.7 Å². The highest BCUT2D eigenvalue weighted by Gasteiger charge is 2.44. The molecular weight excluding hydrogens is 658 g/mol. The molecule has 3 aliphatic heterocycles. The maximum Gasteiger partial charge on any atom is 0.407 e. The van der Waals surface area contributed by atoms with Crippen LogP contribution in [0.1, 0.15) is 45.1 Å². The normalized spacial score (nSPS) is 21.3. The van der Waals surface area contributed by atoms with E-state index in [2.05, 4.69) is 5.32 Å². The number of para-hydroxylation sites is 1. The number of fused-ring (bicyclic) bond motifs is 2. The van der Waals surface area contributed by atoms with Gasteiger partial charge in [0.2, 0.25) is 16.8 Å². The number of hydrogen-bond acceptors (Lipinski definition) is 10. The highest BCUT2D eigenvalue weighted by molar-refractivity contribution is 7.89. The molecule has 2 fully saturated rings. The van der Waals surface area contributed by atoms with Gasteiger partial charge in [-0.15, -0.1) is 0 Å². The van der Waals surface area contributed by atoms with E-state index in [1.165, 1.54) is 22.3 Å². The van der Waals surface area contributed by atoms with Gasteiger partial charge in [0.1, 0.15) is 11.0 Å². The molecule has 5 rings (SSSR count). The molecule has 2 aromatic rings. The van der Waals surface area contributed by atoms with Gasteiger partial charge in [-0.3, -0.25) is 0 Å². The van der Waals surface area contributed by atoms with Crippen molar-refractivity contribution in [2.75, 3.05) is 46.7 Å². The summed E-state index contributed by atoms with van der Waals surface area (Å²) in [7, 11) is -2.76. The molecule has 0 bridgehead atoms.